The van der Waals surface area contributed by atoms with Crippen LogP contribution in [0.25, 0.3) is 21.9 Å². The van der Waals surface area contributed by atoms with E-state index in [0.717, 1.165) is 17.0 Å². The van der Waals surface area contributed by atoms with Gasteiger partial charge in [-0.05, 0) is 22.9 Å². The lowest BCUT2D eigenvalue weighted by Crippen LogP contribution is -2.10. The molecule has 1 heterocycles. The third-order valence-corrected chi connectivity index (χ3v) is 2.90. The first kappa shape index (κ1) is 10.3. The molecule has 2 nitrogen and oxygen atoms in total. The molecular formula is C15H15NO. The average Bonchev–Trinajstić information content (AvgIpc) is 2.68. The lowest BCUT2D eigenvalue weighted by Gasteiger charge is -2.11. The van der Waals surface area contributed by atoms with Crippen LogP contribution >= 0.6 is 0 Å². The van der Waals surface area contributed by atoms with Crippen LogP contribution < -0.4 is 0 Å². The SMILES string of the molecule is CC(C)(C)c1nc2cc3ccccc3cc2o1. The molecule has 0 aliphatic heterocycles. The van der Waals surface area contributed by atoms with Crippen molar-refractivity contribution in [3.05, 3.63) is 42.3 Å². The van der Waals surface area contributed by atoms with Crippen molar-refractivity contribution in [2.24, 2.45) is 0 Å². The van der Waals surface area contributed by atoms with Crippen LogP contribution in [0, 0.1) is 0 Å². The first-order valence-electron chi connectivity index (χ1n) is 5.84. The van der Waals surface area contributed by atoms with Crippen molar-refractivity contribution in [2.75, 3.05) is 0 Å². The Bertz CT molecular complexity index is 636. The van der Waals surface area contributed by atoms with E-state index < -0.39 is 0 Å². The van der Waals surface area contributed by atoms with E-state index in [9.17, 15) is 0 Å². The zero-order chi connectivity index (χ0) is 12.0. The van der Waals surface area contributed by atoms with Gasteiger partial charge in [0.15, 0.2) is 5.58 Å². The second-order valence-electron chi connectivity index (χ2n) is 5.44. The Kier molecular flexibility index (Phi) is 2.02. The fourth-order valence-corrected chi connectivity index (χ4v) is 1.93. The lowest BCUT2D eigenvalue weighted by molar-refractivity contribution is 0.411. The minimum Gasteiger partial charge on any atom is -0.440 e. The molecule has 0 aliphatic rings. The number of rotatable bonds is 0. The van der Waals surface area contributed by atoms with E-state index in [1.807, 2.05) is 12.1 Å². The van der Waals surface area contributed by atoms with E-state index in [4.69, 9.17) is 4.42 Å². The standard InChI is InChI=1S/C15H15NO/c1-15(2,3)14-16-12-8-10-6-4-5-7-11(10)9-13(12)17-14/h4-9H,1-3H3. The Labute approximate surface area is 100 Å². The highest BCUT2D eigenvalue weighted by molar-refractivity contribution is 5.94. The van der Waals surface area contributed by atoms with Crippen LogP contribution in [0.2, 0.25) is 0 Å². The average molecular weight is 225 g/mol. The molecule has 0 atom stereocenters. The summed E-state index contributed by atoms with van der Waals surface area (Å²) in [5.74, 6) is 0.794. The molecule has 2 heteroatoms. The normalized spacial score (nSPS) is 12.4. The Morgan fingerprint density at radius 3 is 2.29 bits per heavy atom. The molecule has 0 unspecified atom stereocenters. The third kappa shape index (κ3) is 1.70. The summed E-state index contributed by atoms with van der Waals surface area (Å²) < 4.78 is 5.83. The molecule has 0 spiro atoms. The predicted molar refractivity (Wildman–Crippen MR) is 70.2 cm³/mol. The number of benzene rings is 2. The van der Waals surface area contributed by atoms with Gasteiger partial charge in [-0.15, -0.1) is 0 Å². The van der Waals surface area contributed by atoms with Gasteiger partial charge in [0, 0.05) is 5.41 Å². The van der Waals surface area contributed by atoms with Gasteiger partial charge in [-0.3, -0.25) is 0 Å². The first-order valence-corrected chi connectivity index (χ1v) is 5.84. The minimum absolute atomic E-state index is 0.0504. The van der Waals surface area contributed by atoms with Crippen LogP contribution in [-0.2, 0) is 5.41 Å². The Morgan fingerprint density at radius 2 is 1.65 bits per heavy atom. The molecule has 0 bridgehead atoms. The van der Waals surface area contributed by atoms with Gasteiger partial charge < -0.3 is 4.42 Å². The molecule has 17 heavy (non-hydrogen) atoms. The van der Waals surface area contributed by atoms with Gasteiger partial charge in [0.2, 0.25) is 5.89 Å². The first-order chi connectivity index (χ1) is 8.04. The van der Waals surface area contributed by atoms with Crippen molar-refractivity contribution in [3.8, 4) is 0 Å². The smallest absolute Gasteiger partial charge is 0.200 e. The van der Waals surface area contributed by atoms with E-state index in [1.54, 1.807) is 0 Å². The van der Waals surface area contributed by atoms with Crippen LogP contribution in [-0.4, -0.2) is 4.98 Å². The number of hydrogen-bond acceptors (Lipinski definition) is 2. The van der Waals surface area contributed by atoms with Crippen LogP contribution in [0.1, 0.15) is 26.7 Å². The maximum absolute atomic E-state index is 5.83. The van der Waals surface area contributed by atoms with Crippen molar-refractivity contribution in [1.82, 2.24) is 4.98 Å². The van der Waals surface area contributed by atoms with Crippen LogP contribution in [0.5, 0.6) is 0 Å². The molecule has 0 saturated carbocycles. The van der Waals surface area contributed by atoms with Crippen molar-refractivity contribution in [1.29, 1.82) is 0 Å². The second kappa shape index (κ2) is 3.33. The number of aromatic nitrogens is 1. The summed E-state index contributed by atoms with van der Waals surface area (Å²) in [7, 11) is 0. The van der Waals surface area contributed by atoms with Gasteiger partial charge in [0.1, 0.15) is 5.52 Å². The van der Waals surface area contributed by atoms with Gasteiger partial charge in [0.25, 0.3) is 0 Å². The van der Waals surface area contributed by atoms with Crippen molar-refractivity contribution < 1.29 is 4.42 Å². The Hall–Kier alpha value is -1.83. The van der Waals surface area contributed by atoms with Crippen molar-refractivity contribution in [3.63, 3.8) is 0 Å². The van der Waals surface area contributed by atoms with Crippen molar-refractivity contribution in [2.45, 2.75) is 26.2 Å². The highest BCUT2D eigenvalue weighted by atomic mass is 16.3. The molecule has 0 aliphatic carbocycles. The van der Waals surface area contributed by atoms with Crippen LogP contribution in [0.4, 0.5) is 0 Å². The predicted octanol–water partition coefficient (Wildman–Crippen LogP) is 4.28. The molecule has 0 amide bonds. The Balaban J connectivity index is 2.32. The number of oxazole rings is 1. The van der Waals surface area contributed by atoms with E-state index in [1.165, 1.54) is 10.8 Å². The van der Waals surface area contributed by atoms with E-state index in [-0.39, 0.29) is 5.41 Å². The molecule has 3 aromatic rings. The van der Waals surface area contributed by atoms with Gasteiger partial charge in [-0.1, -0.05) is 45.0 Å². The van der Waals surface area contributed by atoms with Gasteiger partial charge in [-0.2, -0.15) is 0 Å². The quantitative estimate of drug-likeness (QED) is 0.570. The summed E-state index contributed by atoms with van der Waals surface area (Å²) in [6.45, 7) is 6.33. The summed E-state index contributed by atoms with van der Waals surface area (Å²) in [5.41, 5.74) is 1.76. The molecule has 0 fully saturated rings. The summed E-state index contributed by atoms with van der Waals surface area (Å²) >= 11 is 0. The maximum atomic E-state index is 5.83. The highest BCUT2D eigenvalue weighted by Crippen LogP contribution is 2.28. The van der Waals surface area contributed by atoms with E-state index in [2.05, 4.69) is 50.0 Å². The number of nitrogens with zero attached hydrogens (tertiary/aromatic N) is 1. The zero-order valence-corrected chi connectivity index (χ0v) is 10.3. The molecule has 2 aromatic carbocycles. The lowest BCUT2D eigenvalue weighted by atomic mass is 9.97. The van der Waals surface area contributed by atoms with Gasteiger partial charge >= 0.3 is 0 Å². The fourth-order valence-electron chi connectivity index (χ4n) is 1.93. The summed E-state index contributed by atoms with van der Waals surface area (Å²) in [5, 5.41) is 2.39. The van der Waals surface area contributed by atoms with E-state index >= 15 is 0 Å². The largest absolute Gasteiger partial charge is 0.440 e. The molecule has 0 saturated heterocycles. The molecule has 0 N–H and O–H groups in total. The van der Waals surface area contributed by atoms with Crippen LogP contribution in [0.3, 0.4) is 0 Å². The number of fused-ring (bicyclic) bond motifs is 2. The summed E-state index contributed by atoms with van der Waals surface area (Å²) in [4.78, 5) is 4.57. The Morgan fingerprint density at radius 1 is 1.00 bits per heavy atom. The van der Waals surface area contributed by atoms with Gasteiger partial charge in [0.05, 0.1) is 0 Å². The molecule has 1 aromatic heterocycles. The molecule has 0 radical (unpaired) electrons. The molecule has 86 valence electrons. The topological polar surface area (TPSA) is 26.0 Å². The fraction of sp³-hybridized carbons (Fsp3) is 0.267. The van der Waals surface area contributed by atoms with Crippen molar-refractivity contribution >= 4 is 21.9 Å². The second-order valence-corrected chi connectivity index (χ2v) is 5.44. The van der Waals surface area contributed by atoms with E-state index in [0.29, 0.717) is 0 Å². The summed E-state index contributed by atoms with van der Waals surface area (Å²) in [6.07, 6.45) is 0. The number of hydrogen-bond donors (Lipinski definition) is 0. The van der Waals surface area contributed by atoms with Crippen LogP contribution in [0.15, 0.2) is 40.8 Å². The monoisotopic (exact) mass is 225 g/mol. The minimum atomic E-state index is -0.0504. The molecular weight excluding hydrogens is 210 g/mol. The highest BCUT2D eigenvalue weighted by Gasteiger charge is 2.20. The summed E-state index contributed by atoms with van der Waals surface area (Å²) in [6, 6.07) is 12.4. The molecule has 3 rings (SSSR count). The zero-order valence-electron chi connectivity index (χ0n) is 10.3. The third-order valence-electron chi connectivity index (χ3n) is 2.90. The van der Waals surface area contributed by atoms with Gasteiger partial charge in [-0.25, -0.2) is 4.98 Å². The maximum Gasteiger partial charge on any atom is 0.200 e.